The second-order valence-corrected chi connectivity index (χ2v) is 2.83. The van der Waals surface area contributed by atoms with Crippen LogP contribution in [-0.4, -0.2) is 35.2 Å². The standard InChI is InChI=1S/C10H16N4O2/c1-4-6-7-16-10-13-8(11-3)12-9(14-10)15-5-2/h4H,1,5-7H2,2-3H3,(H,11,12,13,14). The molecule has 0 aromatic carbocycles. The van der Waals surface area contributed by atoms with Crippen LogP contribution in [-0.2, 0) is 0 Å². The highest BCUT2D eigenvalue weighted by Gasteiger charge is 2.06. The van der Waals surface area contributed by atoms with Gasteiger partial charge < -0.3 is 14.8 Å². The molecule has 1 rings (SSSR count). The van der Waals surface area contributed by atoms with Crippen LogP contribution >= 0.6 is 0 Å². The molecule has 6 heteroatoms. The molecule has 0 unspecified atom stereocenters. The lowest BCUT2D eigenvalue weighted by Gasteiger charge is -2.07. The minimum absolute atomic E-state index is 0.254. The highest BCUT2D eigenvalue weighted by Crippen LogP contribution is 2.12. The van der Waals surface area contributed by atoms with E-state index < -0.39 is 0 Å². The molecule has 1 heterocycles. The normalized spacial score (nSPS) is 9.62. The SMILES string of the molecule is C=CCCOc1nc(NC)nc(OCC)n1. The molecule has 0 saturated heterocycles. The molecule has 1 aromatic rings. The van der Waals surface area contributed by atoms with Crippen molar-refractivity contribution in [1.29, 1.82) is 0 Å². The van der Waals surface area contributed by atoms with Crippen molar-refractivity contribution in [3.8, 4) is 12.0 Å². The van der Waals surface area contributed by atoms with E-state index in [-0.39, 0.29) is 12.0 Å². The largest absolute Gasteiger partial charge is 0.464 e. The predicted octanol–water partition coefficient (Wildman–Crippen LogP) is 1.27. The van der Waals surface area contributed by atoms with Crippen LogP contribution < -0.4 is 14.8 Å². The fourth-order valence-corrected chi connectivity index (χ4v) is 0.942. The molecule has 16 heavy (non-hydrogen) atoms. The summed E-state index contributed by atoms with van der Waals surface area (Å²) in [6, 6.07) is 0.514. The molecule has 0 aliphatic carbocycles. The van der Waals surface area contributed by atoms with Gasteiger partial charge in [0.1, 0.15) is 0 Å². The summed E-state index contributed by atoms with van der Waals surface area (Å²) in [5, 5.41) is 2.81. The van der Waals surface area contributed by atoms with Gasteiger partial charge >= 0.3 is 12.0 Å². The minimum atomic E-state index is 0.254. The summed E-state index contributed by atoms with van der Waals surface area (Å²) in [4.78, 5) is 12.1. The van der Waals surface area contributed by atoms with Crippen LogP contribution in [0.4, 0.5) is 5.95 Å². The van der Waals surface area contributed by atoms with Crippen LogP contribution in [0, 0.1) is 0 Å². The molecule has 0 aliphatic rings. The van der Waals surface area contributed by atoms with E-state index in [0.29, 0.717) is 19.2 Å². The average Bonchev–Trinajstić information content (AvgIpc) is 2.29. The maximum atomic E-state index is 5.32. The second kappa shape index (κ2) is 6.60. The summed E-state index contributed by atoms with van der Waals surface area (Å²) in [6.45, 7) is 6.45. The van der Waals surface area contributed by atoms with Crippen LogP contribution in [0.1, 0.15) is 13.3 Å². The van der Waals surface area contributed by atoms with E-state index in [1.165, 1.54) is 0 Å². The van der Waals surface area contributed by atoms with Crippen molar-refractivity contribution in [1.82, 2.24) is 15.0 Å². The van der Waals surface area contributed by atoms with Crippen molar-refractivity contribution in [3.05, 3.63) is 12.7 Å². The molecular formula is C10H16N4O2. The third-order valence-electron chi connectivity index (χ3n) is 1.64. The lowest BCUT2D eigenvalue weighted by Crippen LogP contribution is -2.07. The van der Waals surface area contributed by atoms with E-state index >= 15 is 0 Å². The smallest absolute Gasteiger partial charge is 0.324 e. The van der Waals surface area contributed by atoms with E-state index in [4.69, 9.17) is 9.47 Å². The molecule has 0 amide bonds. The molecule has 1 N–H and O–H groups in total. The zero-order valence-electron chi connectivity index (χ0n) is 9.56. The van der Waals surface area contributed by atoms with Gasteiger partial charge in [0.25, 0.3) is 0 Å². The van der Waals surface area contributed by atoms with Gasteiger partial charge in [0.2, 0.25) is 5.95 Å². The second-order valence-electron chi connectivity index (χ2n) is 2.83. The molecule has 0 fully saturated rings. The Labute approximate surface area is 94.7 Å². The first-order chi connectivity index (χ1) is 7.80. The zero-order chi connectivity index (χ0) is 11.8. The average molecular weight is 224 g/mol. The first kappa shape index (κ1) is 12.2. The van der Waals surface area contributed by atoms with E-state index in [9.17, 15) is 0 Å². The monoisotopic (exact) mass is 224 g/mol. The van der Waals surface area contributed by atoms with E-state index in [1.807, 2.05) is 6.92 Å². The zero-order valence-corrected chi connectivity index (χ0v) is 9.56. The van der Waals surface area contributed by atoms with Gasteiger partial charge in [-0.1, -0.05) is 6.08 Å². The first-order valence-electron chi connectivity index (χ1n) is 5.10. The highest BCUT2D eigenvalue weighted by atomic mass is 16.5. The fourth-order valence-electron chi connectivity index (χ4n) is 0.942. The lowest BCUT2D eigenvalue weighted by molar-refractivity contribution is 0.273. The Hall–Kier alpha value is -1.85. The molecule has 0 saturated carbocycles. The number of nitrogens with zero attached hydrogens (tertiary/aromatic N) is 3. The van der Waals surface area contributed by atoms with Crippen molar-refractivity contribution < 1.29 is 9.47 Å². The molecule has 0 spiro atoms. The number of aromatic nitrogens is 3. The molecule has 0 bridgehead atoms. The number of hydrogen-bond acceptors (Lipinski definition) is 6. The van der Waals surface area contributed by atoms with Crippen molar-refractivity contribution in [2.24, 2.45) is 0 Å². The summed E-state index contributed by atoms with van der Waals surface area (Å²) in [5.74, 6) is 0.423. The van der Waals surface area contributed by atoms with Gasteiger partial charge in [-0.25, -0.2) is 0 Å². The van der Waals surface area contributed by atoms with Gasteiger partial charge in [-0.3, -0.25) is 0 Å². The number of nitrogens with one attached hydrogen (secondary N) is 1. The van der Waals surface area contributed by atoms with Gasteiger partial charge in [-0.15, -0.1) is 11.6 Å². The Morgan fingerprint density at radius 1 is 1.25 bits per heavy atom. The van der Waals surface area contributed by atoms with Gasteiger partial charge in [0.05, 0.1) is 13.2 Å². The quantitative estimate of drug-likeness (QED) is 0.555. The molecule has 0 radical (unpaired) electrons. The number of anilines is 1. The Morgan fingerprint density at radius 3 is 2.50 bits per heavy atom. The third-order valence-corrected chi connectivity index (χ3v) is 1.64. The Morgan fingerprint density at radius 2 is 1.94 bits per heavy atom. The molecule has 1 aromatic heterocycles. The van der Waals surface area contributed by atoms with Crippen molar-refractivity contribution in [3.63, 3.8) is 0 Å². The van der Waals surface area contributed by atoms with Gasteiger partial charge in [0.15, 0.2) is 0 Å². The predicted molar refractivity (Wildman–Crippen MR) is 60.9 cm³/mol. The van der Waals surface area contributed by atoms with Crippen LogP contribution in [0.15, 0.2) is 12.7 Å². The first-order valence-corrected chi connectivity index (χ1v) is 5.10. The summed E-state index contributed by atoms with van der Waals surface area (Å²) < 4.78 is 10.5. The van der Waals surface area contributed by atoms with Crippen molar-refractivity contribution >= 4 is 5.95 Å². The van der Waals surface area contributed by atoms with E-state index in [1.54, 1.807) is 13.1 Å². The summed E-state index contributed by atoms with van der Waals surface area (Å²) >= 11 is 0. The Kier molecular flexibility index (Phi) is 5.04. The number of ether oxygens (including phenoxy) is 2. The van der Waals surface area contributed by atoms with Crippen LogP contribution in [0.2, 0.25) is 0 Å². The van der Waals surface area contributed by atoms with E-state index in [0.717, 1.165) is 6.42 Å². The van der Waals surface area contributed by atoms with Gasteiger partial charge in [0, 0.05) is 7.05 Å². The van der Waals surface area contributed by atoms with Crippen LogP contribution in [0.3, 0.4) is 0 Å². The Bertz CT molecular complexity index is 344. The molecule has 0 atom stereocenters. The molecular weight excluding hydrogens is 208 g/mol. The topological polar surface area (TPSA) is 69.2 Å². The van der Waals surface area contributed by atoms with E-state index in [2.05, 4.69) is 26.8 Å². The van der Waals surface area contributed by atoms with Crippen molar-refractivity contribution in [2.75, 3.05) is 25.6 Å². The highest BCUT2D eigenvalue weighted by molar-refractivity contribution is 5.26. The lowest BCUT2D eigenvalue weighted by atomic mass is 10.5. The van der Waals surface area contributed by atoms with Gasteiger partial charge in [-0.05, 0) is 13.3 Å². The summed E-state index contributed by atoms with van der Waals surface area (Å²) in [6.07, 6.45) is 2.51. The third kappa shape index (κ3) is 3.72. The molecule has 88 valence electrons. The van der Waals surface area contributed by atoms with Crippen LogP contribution in [0.5, 0.6) is 12.0 Å². The van der Waals surface area contributed by atoms with Crippen molar-refractivity contribution in [2.45, 2.75) is 13.3 Å². The summed E-state index contributed by atoms with van der Waals surface area (Å²) in [5.41, 5.74) is 0. The number of rotatable bonds is 7. The summed E-state index contributed by atoms with van der Waals surface area (Å²) in [7, 11) is 1.72. The minimum Gasteiger partial charge on any atom is -0.464 e. The number of hydrogen-bond donors (Lipinski definition) is 1. The Balaban J connectivity index is 2.73. The van der Waals surface area contributed by atoms with Crippen LogP contribution in [0.25, 0.3) is 0 Å². The maximum absolute atomic E-state index is 5.32. The van der Waals surface area contributed by atoms with Gasteiger partial charge in [-0.2, -0.15) is 9.97 Å². The fraction of sp³-hybridized carbons (Fsp3) is 0.500. The molecule has 6 nitrogen and oxygen atoms in total. The molecule has 0 aliphatic heterocycles. The maximum Gasteiger partial charge on any atom is 0.324 e.